The first-order chi connectivity index (χ1) is 11.2. The number of para-hydroxylation sites is 1. The molecule has 23 heavy (non-hydrogen) atoms. The fraction of sp³-hybridized carbons (Fsp3) is 0.0667. The summed E-state index contributed by atoms with van der Waals surface area (Å²) in [5, 5.41) is 16.9. The highest BCUT2D eigenvalue weighted by atomic mass is 35.5. The molecule has 0 aliphatic carbocycles. The number of anilines is 1. The average Bonchev–Trinajstić information content (AvgIpc) is 3.00. The van der Waals surface area contributed by atoms with E-state index in [0.29, 0.717) is 28.0 Å². The van der Waals surface area contributed by atoms with Gasteiger partial charge in [0.1, 0.15) is 0 Å². The Balaban J connectivity index is 1.66. The van der Waals surface area contributed by atoms with Crippen molar-refractivity contribution in [2.75, 3.05) is 5.43 Å². The highest BCUT2D eigenvalue weighted by molar-refractivity contribution is 6.35. The van der Waals surface area contributed by atoms with Gasteiger partial charge in [-0.05, 0) is 40.8 Å². The number of benzene rings is 2. The summed E-state index contributed by atoms with van der Waals surface area (Å²) < 4.78 is 1.67. The van der Waals surface area contributed by atoms with Crippen LogP contribution in [0.25, 0.3) is 5.69 Å². The Bertz CT molecular complexity index is 796. The van der Waals surface area contributed by atoms with Crippen molar-refractivity contribution in [3.63, 3.8) is 0 Å². The van der Waals surface area contributed by atoms with Crippen LogP contribution in [0.4, 0.5) is 5.69 Å². The van der Waals surface area contributed by atoms with Crippen LogP contribution in [0.5, 0.6) is 0 Å². The van der Waals surface area contributed by atoms with Crippen molar-refractivity contribution in [3.8, 4) is 5.69 Å². The summed E-state index contributed by atoms with van der Waals surface area (Å²) in [6.45, 7) is 0. The van der Waals surface area contributed by atoms with Gasteiger partial charge in [0.2, 0.25) is 0 Å². The molecule has 0 spiro atoms. The van der Waals surface area contributed by atoms with E-state index < -0.39 is 0 Å². The third-order valence-corrected chi connectivity index (χ3v) is 3.39. The monoisotopic (exact) mass is 346 g/mol. The van der Waals surface area contributed by atoms with E-state index in [1.54, 1.807) is 29.1 Å². The molecule has 6 nitrogen and oxygen atoms in total. The smallest absolute Gasteiger partial charge is 0.162 e. The lowest BCUT2D eigenvalue weighted by Gasteiger charge is -2.03. The zero-order chi connectivity index (χ0) is 16.1. The second kappa shape index (κ2) is 7.21. The Hall–Kier alpha value is -2.44. The van der Waals surface area contributed by atoms with Crippen LogP contribution in [0.1, 0.15) is 5.82 Å². The first-order valence-corrected chi connectivity index (χ1v) is 7.54. The molecule has 116 valence electrons. The minimum atomic E-state index is 0.475. The molecule has 0 aliphatic rings. The molecule has 2 aromatic carbocycles. The molecule has 1 heterocycles. The predicted octanol–water partition coefficient (Wildman–Crippen LogP) is 3.61. The number of nitrogens with one attached hydrogen (secondary N) is 1. The minimum Gasteiger partial charge on any atom is -0.279 e. The molecular formula is C15H12Cl2N6. The van der Waals surface area contributed by atoms with E-state index in [0.717, 1.165) is 5.69 Å². The molecule has 0 saturated heterocycles. The second-order valence-electron chi connectivity index (χ2n) is 4.63. The Morgan fingerprint density at radius 2 is 1.83 bits per heavy atom. The van der Waals surface area contributed by atoms with Crippen LogP contribution in [0.3, 0.4) is 0 Å². The van der Waals surface area contributed by atoms with Crippen LogP contribution in [0, 0.1) is 0 Å². The van der Waals surface area contributed by atoms with Crippen molar-refractivity contribution >= 4 is 35.1 Å². The predicted molar refractivity (Wildman–Crippen MR) is 91.4 cm³/mol. The van der Waals surface area contributed by atoms with Crippen LogP contribution >= 0.6 is 23.2 Å². The van der Waals surface area contributed by atoms with Gasteiger partial charge < -0.3 is 0 Å². The molecule has 1 N–H and O–H groups in total. The first-order valence-electron chi connectivity index (χ1n) is 6.79. The summed E-state index contributed by atoms with van der Waals surface area (Å²) in [6.07, 6.45) is 2.16. The Labute approximate surface area is 142 Å². The number of nitrogens with zero attached hydrogens (tertiary/aromatic N) is 5. The largest absolute Gasteiger partial charge is 0.279 e. The van der Waals surface area contributed by atoms with Crippen molar-refractivity contribution in [3.05, 3.63) is 64.4 Å². The number of halogens is 2. The molecule has 0 saturated carbocycles. The van der Waals surface area contributed by atoms with E-state index in [1.807, 2.05) is 30.3 Å². The Morgan fingerprint density at radius 3 is 2.57 bits per heavy atom. The number of tetrazole rings is 1. The highest BCUT2D eigenvalue weighted by Gasteiger charge is 2.06. The average molecular weight is 347 g/mol. The summed E-state index contributed by atoms with van der Waals surface area (Å²) in [5.41, 5.74) is 4.48. The zero-order valence-corrected chi connectivity index (χ0v) is 13.4. The standard InChI is InChI=1S/C15H12Cl2N6/c16-11-8-12(17)10-13(9-11)19-18-7-6-15-20-21-22-23(15)14-4-2-1-3-5-14/h1-5,7-10,19H,6H2/b18-7-. The lowest BCUT2D eigenvalue weighted by Crippen LogP contribution is -2.04. The van der Waals surface area contributed by atoms with Crippen LogP contribution in [0.15, 0.2) is 53.6 Å². The Kier molecular flexibility index (Phi) is 4.85. The lowest BCUT2D eigenvalue weighted by molar-refractivity contribution is 0.776. The van der Waals surface area contributed by atoms with Crippen LogP contribution in [-0.4, -0.2) is 26.4 Å². The second-order valence-corrected chi connectivity index (χ2v) is 5.50. The number of aromatic nitrogens is 4. The van der Waals surface area contributed by atoms with E-state index in [9.17, 15) is 0 Å². The quantitative estimate of drug-likeness (QED) is 0.566. The first kappa shape index (κ1) is 15.5. The minimum absolute atomic E-state index is 0.475. The van der Waals surface area contributed by atoms with E-state index in [-0.39, 0.29) is 0 Å². The van der Waals surface area contributed by atoms with Crippen molar-refractivity contribution in [2.24, 2.45) is 5.10 Å². The SMILES string of the molecule is Clc1cc(Cl)cc(N/N=C\Cc2nnnn2-c2ccccc2)c1. The molecule has 3 rings (SSSR count). The molecular weight excluding hydrogens is 335 g/mol. The number of hydrazone groups is 1. The Morgan fingerprint density at radius 1 is 1.09 bits per heavy atom. The molecule has 3 aromatic rings. The molecule has 0 fully saturated rings. The summed E-state index contributed by atoms with van der Waals surface area (Å²) in [6, 6.07) is 14.8. The van der Waals surface area contributed by atoms with E-state index in [1.165, 1.54) is 0 Å². The van der Waals surface area contributed by atoms with Crippen LogP contribution < -0.4 is 5.43 Å². The fourth-order valence-electron chi connectivity index (χ4n) is 1.97. The van der Waals surface area contributed by atoms with Gasteiger partial charge in [-0.2, -0.15) is 9.78 Å². The zero-order valence-electron chi connectivity index (χ0n) is 11.9. The van der Waals surface area contributed by atoms with E-state index >= 15 is 0 Å². The lowest BCUT2D eigenvalue weighted by atomic mass is 10.3. The fourth-order valence-corrected chi connectivity index (χ4v) is 2.49. The van der Waals surface area contributed by atoms with Gasteiger partial charge in [0.25, 0.3) is 0 Å². The van der Waals surface area contributed by atoms with Crippen LogP contribution in [0.2, 0.25) is 10.0 Å². The van der Waals surface area contributed by atoms with Crippen molar-refractivity contribution in [1.82, 2.24) is 20.2 Å². The molecule has 0 unspecified atom stereocenters. The molecule has 0 amide bonds. The molecule has 8 heteroatoms. The summed E-state index contributed by atoms with van der Waals surface area (Å²) in [5.74, 6) is 0.686. The van der Waals surface area contributed by atoms with Crippen LogP contribution in [-0.2, 0) is 6.42 Å². The molecule has 0 atom stereocenters. The molecule has 1 aromatic heterocycles. The number of hydrogen-bond donors (Lipinski definition) is 1. The maximum atomic E-state index is 5.93. The van der Waals surface area contributed by atoms with E-state index in [2.05, 4.69) is 26.1 Å². The summed E-state index contributed by atoms with van der Waals surface area (Å²) in [4.78, 5) is 0. The van der Waals surface area contributed by atoms with Gasteiger partial charge in [-0.1, -0.05) is 41.4 Å². The van der Waals surface area contributed by atoms with Gasteiger partial charge in [-0.25, -0.2) is 0 Å². The number of hydrogen-bond acceptors (Lipinski definition) is 5. The van der Waals surface area contributed by atoms with Crippen molar-refractivity contribution < 1.29 is 0 Å². The maximum Gasteiger partial charge on any atom is 0.162 e. The summed E-state index contributed by atoms with van der Waals surface area (Å²) >= 11 is 11.9. The molecule has 0 radical (unpaired) electrons. The highest BCUT2D eigenvalue weighted by Crippen LogP contribution is 2.22. The van der Waals surface area contributed by atoms with Gasteiger partial charge in [-0.15, -0.1) is 5.10 Å². The third kappa shape index (κ3) is 4.06. The van der Waals surface area contributed by atoms with Gasteiger partial charge >= 0.3 is 0 Å². The maximum absolute atomic E-state index is 5.93. The molecule has 0 aliphatic heterocycles. The topological polar surface area (TPSA) is 68.0 Å². The van der Waals surface area contributed by atoms with Gasteiger partial charge in [0.15, 0.2) is 5.82 Å². The van der Waals surface area contributed by atoms with Gasteiger partial charge in [0, 0.05) is 22.7 Å². The van der Waals surface area contributed by atoms with E-state index in [4.69, 9.17) is 23.2 Å². The van der Waals surface area contributed by atoms with Crippen molar-refractivity contribution in [2.45, 2.75) is 6.42 Å². The van der Waals surface area contributed by atoms with Crippen molar-refractivity contribution in [1.29, 1.82) is 0 Å². The van der Waals surface area contributed by atoms with Gasteiger partial charge in [0.05, 0.1) is 11.4 Å². The third-order valence-electron chi connectivity index (χ3n) is 2.96. The molecule has 0 bridgehead atoms. The summed E-state index contributed by atoms with van der Waals surface area (Å²) in [7, 11) is 0. The van der Waals surface area contributed by atoms with Gasteiger partial charge in [-0.3, -0.25) is 5.43 Å². The number of rotatable bonds is 5. The normalized spacial score (nSPS) is 11.0.